The molecule has 0 saturated carbocycles. The number of aromatic nitrogens is 2. The average Bonchev–Trinajstić information content (AvgIpc) is 3.40. The van der Waals surface area contributed by atoms with Crippen molar-refractivity contribution < 1.29 is 24.3 Å². The van der Waals surface area contributed by atoms with Crippen LogP contribution in [0.5, 0.6) is 11.5 Å². The fourth-order valence-corrected chi connectivity index (χ4v) is 5.56. The lowest BCUT2D eigenvalue weighted by molar-refractivity contribution is -0.384. The number of aliphatic hydroxyl groups excluding tert-OH is 1. The van der Waals surface area contributed by atoms with Crippen LogP contribution in [0.1, 0.15) is 23.3 Å². The van der Waals surface area contributed by atoms with Crippen molar-refractivity contribution in [3.8, 4) is 22.8 Å². The number of para-hydroxylation sites is 1. The van der Waals surface area contributed by atoms with Gasteiger partial charge in [0.2, 0.25) is 0 Å². The number of non-ortho nitro benzene ring substituents is 1. The van der Waals surface area contributed by atoms with Crippen molar-refractivity contribution >= 4 is 38.2 Å². The average molecular weight is 487 g/mol. The van der Waals surface area contributed by atoms with Crippen LogP contribution in [-0.2, 0) is 4.79 Å². The van der Waals surface area contributed by atoms with E-state index in [2.05, 4.69) is 0 Å². The molecule has 5 aromatic rings. The molecule has 0 saturated heterocycles. The van der Waals surface area contributed by atoms with Gasteiger partial charge in [-0.15, -0.1) is 0 Å². The van der Waals surface area contributed by atoms with Gasteiger partial charge in [-0.1, -0.05) is 29.5 Å². The Bertz CT molecular complexity index is 1640. The molecule has 3 aromatic carbocycles. The predicted octanol–water partition coefficient (Wildman–Crippen LogP) is 4.87. The highest BCUT2D eigenvalue weighted by atomic mass is 32.1. The number of esters is 1. The fraction of sp³-hybridized carbons (Fsp3) is 0.120. The molecule has 1 aliphatic rings. The topological polar surface area (TPSA) is 116 Å². The smallest absolute Gasteiger partial charge is 0.323 e. The number of ether oxygens (including phenoxy) is 2. The lowest BCUT2D eigenvalue weighted by Gasteiger charge is -2.28. The van der Waals surface area contributed by atoms with E-state index in [-0.39, 0.29) is 5.69 Å². The molecule has 3 heterocycles. The van der Waals surface area contributed by atoms with Crippen molar-refractivity contribution in [2.45, 2.75) is 12.0 Å². The van der Waals surface area contributed by atoms with E-state index in [9.17, 15) is 20.0 Å². The molecular weight excluding hydrogens is 470 g/mol. The van der Waals surface area contributed by atoms with Crippen molar-refractivity contribution in [3.63, 3.8) is 0 Å². The van der Waals surface area contributed by atoms with Gasteiger partial charge in [-0.05, 0) is 36.4 Å². The Morgan fingerprint density at radius 2 is 1.91 bits per heavy atom. The van der Waals surface area contributed by atoms with Crippen LogP contribution >= 0.6 is 11.3 Å². The van der Waals surface area contributed by atoms with E-state index in [0.717, 1.165) is 10.2 Å². The number of rotatable bonds is 4. The third kappa shape index (κ3) is 3.26. The van der Waals surface area contributed by atoms with Gasteiger partial charge >= 0.3 is 5.97 Å². The molecule has 0 bridgehead atoms. The summed E-state index contributed by atoms with van der Waals surface area (Å²) in [6.07, 6.45) is -1.17. The summed E-state index contributed by atoms with van der Waals surface area (Å²) < 4.78 is 13.7. The Hall–Kier alpha value is -4.28. The number of thiazole rings is 1. The van der Waals surface area contributed by atoms with Gasteiger partial charge in [-0.25, -0.2) is 4.98 Å². The minimum absolute atomic E-state index is 0.0556. The van der Waals surface area contributed by atoms with Gasteiger partial charge in [0, 0.05) is 23.3 Å². The van der Waals surface area contributed by atoms with Gasteiger partial charge in [0.1, 0.15) is 23.5 Å². The highest BCUT2D eigenvalue weighted by Gasteiger charge is 2.42. The van der Waals surface area contributed by atoms with Crippen LogP contribution in [0.4, 0.5) is 5.69 Å². The number of hydrogen-bond donors (Lipinski definition) is 1. The normalized spacial score (nSPS) is 17.4. The van der Waals surface area contributed by atoms with Crippen molar-refractivity contribution in [3.05, 3.63) is 88.1 Å². The quantitative estimate of drug-likeness (QED) is 0.166. The lowest BCUT2D eigenvalue weighted by atomic mass is 9.88. The number of fused-ring (bicyclic) bond motifs is 4. The molecule has 6 rings (SSSR count). The molecule has 0 amide bonds. The van der Waals surface area contributed by atoms with Crippen molar-refractivity contribution in [2.24, 2.45) is 0 Å². The largest absolute Gasteiger partial charge is 0.497 e. The Morgan fingerprint density at radius 3 is 2.66 bits per heavy atom. The maximum absolute atomic E-state index is 13.3. The molecule has 0 radical (unpaired) electrons. The number of hydrogen-bond acceptors (Lipinski definition) is 8. The maximum Gasteiger partial charge on any atom is 0.323 e. The number of imidazole rings is 1. The van der Waals surface area contributed by atoms with Crippen LogP contribution in [0.3, 0.4) is 0 Å². The highest BCUT2D eigenvalue weighted by molar-refractivity contribution is 7.23. The zero-order chi connectivity index (χ0) is 24.3. The predicted molar refractivity (Wildman–Crippen MR) is 129 cm³/mol. The van der Waals surface area contributed by atoms with Crippen LogP contribution < -0.4 is 9.47 Å². The van der Waals surface area contributed by atoms with Crippen molar-refractivity contribution in [1.29, 1.82) is 0 Å². The molecule has 10 heteroatoms. The molecule has 35 heavy (non-hydrogen) atoms. The minimum Gasteiger partial charge on any atom is -0.497 e. The number of nitro benzene ring substituents is 1. The Labute approximate surface area is 201 Å². The summed E-state index contributed by atoms with van der Waals surface area (Å²) in [5.41, 5.74) is 2.73. The molecule has 0 aliphatic carbocycles. The van der Waals surface area contributed by atoms with Gasteiger partial charge in [0.25, 0.3) is 5.69 Å². The van der Waals surface area contributed by atoms with Crippen LogP contribution in [0.15, 0.2) is 66.7 Å². The van der Waals surface area contributed by atoms with Crippen LogP contribution in [0.25, 0.3) is 26.4 Å². The van der Waals surface area contributed by atoms with Crippen LogP contribution in [0.2, 0.25) is 0 Å². The van der Waals surface area contributed by atoms with Gasteiger partial charge in [-0.2, -0.15) is 0 Å². The summed E-state index contributed by atoms with van der Waals surface area (Å²) in [5.74, 6) is -0.664. The minimum atomic E-state index is -1.17. The first-order valence-corrected chi connectivity index (χ1v) is 11.5. The third-order valence-electron chi connectivity index (χ3n) is 6.16. The first kappa shape index (κ1) is 21.3. The molecule has 9 nitrogen and oxygen atoms in total. The first-order valence-electron chi connectivity index (χ1n) is 10.7. The SMILES string of the molecule is COc1ccc2c(c1)sc1nc(-c3ccc([N+](=O)[O-])cc3)c(C3C(=O)Oc4ccccc4C3O)n12. The Morgan fingerprint density at radius 1 is 1.14 bits per heavy atom. The second-order valence-electron chi connectivity index (χ2n) is 8.08. The molecule has 0 spiro atoms. The maximum atomic E-state index is 13.3. The second-order valence-corrected chi connectivity index (χ2v) is 9.09. The number of methoxy groups -OCH3 is 1. The zero-order valence-corrected chi connectivity index (χ0v) is 19.1. The van der Waals surface area contributed by atoms with Gasteiger partial charge in [0.05, 0.1) is 33.6 Å². The number of benzene rings is 3. The van der Waals surface area contributed by atoms with Gasteiger partial charge in [0.15, 0.2) is 4.96 Å². The summed E-state index contributed by atoms with van der Waals surface area (Å²) in [4.78, 5) is 29.3. The van der Waals surface area contributed by atoms with Crippen LogP contribution in [0, 0.1) is 10.1 Å². The van der Waals surface area contributed by atoms with E-state index >= 15 is 0 Å². The summed E-state index contributed by atoms with van der Waals surface area (Å²) in [5, 5.41) is 22.5. The number of nitrogens with zero attached hydrogens (tertiary/aromatic N) is 3. The molecule has 2 aromatic heterocycles. The first-order chi connectivity index (χ1) is 17.0. The molecule has 174 valence electrons. The molecule has 1 N–H and O–H groups in total. The Balaban J connectivity index is 1.62. The van der Waals surface area contributed by atoms with Gasteiger partial charge < -0.3 is 14.6 Å². The summed E-state index contributed by atoms with van der Waals surface area (Å²) in [6.45, 7) is 0. The molecular formula is C25H17N3O6S. The van der Waals surface area contributed by atoms with E-state index < -0.39 is 22.9 Å². The van der Waals surface area contributed by atoms with E-state index in [0.29, 0.717) is 39.0 Å². The lowest BCUT2D eigenvalue weighted by Crippen LogP contribution is -2.31. The van der Waals surface area contributed by atoms with Gasteiger partial charge in [-0.3, -0.25) is 19.3 Å². The highest BCUT2D eigenvalue weighted by Crippen LogP contribution is 2.46. The number of aliphatic hydroxyl groups is 1. The van der Waals surface area contributed by atoms with Crippen molar-refractivity contribution in [1.82, 2.24) is 9.38 Å². The summed E-state index contributed by atoms with van der Waals surface area (Å²) in [6, 6.07) is 18.4. The molecule has 0 fully saturated rings. The van der Waals surface area contributed by atoms with E-state index in [1.54, 1.807) is 43.5 Å². The monoisotopic (exact) mass is 487 g/mol. The summed E-state index contributed by atoms with van der Waals surface area (Å²) in [7, 11) is 1.59. The zero-order valence-electron chi connectivity index (χ0n) is 18.2. The van der Waals surface area contributed by atoms with E-state index in [4.69, 9.17) is 14.5 Å². The van der Waals surface area contributed by atoms with Crippen LogP contribution in [-0.4, -0.2) is 32.5 Å². The molecule has 1 aliphatic heterocycles. The third-order valence-corrected chi connectivity index (χ3v) is 7.16. The second kappa shape index (κ2) is 7.90. The molecule has 2 unspecified atom stereocenters. The van der Waals surface area contributed by atoms with Crippen molar-refractivity contribution in [2.75, 3.05) is 7.11 Å². The number of nitro groups is 1. The summed E-state index contributed by atoms with van der Waals surface area (Å²) >= 11 is 1.41. The Kier molecular flexibility index (Phi) is 4.80. The number of carbonyl (C=O) groups excluding carboxylic acids is 1. The van der Waals surface area contributed by atoms with E-state index in [1.807, 2.05) is 22.6 Å². The fourth-order valence-electron chi connectivity index (χ4n) is 4.50. The number of carbonyl (C=O) groups is 1. The molecule has 2 atom stereocenters. The standard InChI is InChI=1S/C25H17N3O6S/c1-33-15-10-11-17-19(12-15)35-25-26-21(13-6-8-14(9-7-13)28(31)32)22(27(17)25)20-23(29)16-4-2-3-5-18(16)34-24(20)30/h2-12,20,23,29H,1H3. The van der Waals surface area contributed by atoms with E-state index in [1.165, 1.54) is 23.5 Å².